The van der Waals surface area contributed by atoms with E-state index in [1.165, 1.54) is 15.6 Å². The van der Waals surface area contributed by atoms with Gasteiger partial charge in [0.1, 0.15) is 0 Å². The van der Waals surface area contributed by atoms with Gasteiger partial charge in [-0.05, 0) is 37.0 Å². The molecule has 1 aromatic heterocycles. The van der Waals surface area contributed by atoms with Crippen molar-refractivity contribution < 1.29 is 13.2 Å². The van der Waals surface area contributed by atoms with Gasteiger partial charge in [-0.2, -0.15) is 0 Å². The lowest BCUT2D eigenvalue weighted by Gasteiger charge is -2.30. The molecule has 11 heteroatoms. The van der Waals surface area contributed by atoms with Gasteiger partial charge in [0.15, 0.2) is 4.34 Å². The number of nitrogens with zero attached hydrogens (tertiary/aromatic N) is 3. The Morgan fingerprint density at radius 2 is 1.97 bits per heavy atom. The number of anilines is 1. The zero-order chi connectivity index (χ0) is 20.9. The number of nitrogens with one attached hydrogen (secondary N) is 1. The van der Waals surface area contributed by atoms with Crippen molar-refractivity contribution in [2.75, 3.05) is 24.2 Å². The van der Waals surface area contributed by atoms with Crippen LogP contribution in [0, 0.1) is 5.92 Å². The molecule has 0 spiro atoms. The minimum atomic E-state index is -3.40. The van der Waals surface area contributed by atoms with Crippen LogP contribution in [0.1, 0.15) is 31.7 Å². The number of hydrogen-bond acceptors (Lipinski definition) is 7. The van der Waals surface area contributed by atoms with E-state index >= 15 is 0 Å². The molecule has 3 rings (SSSR count). The van der Waals surface area contributed by atoms with Gasteiger partial charge in [0.2, 0.25) is 21.1 Å². The highest BCUT2D eigenvalue weighted by atomic mass is 79.9. The molecule has 29 heavy (non-hydrogen) atoms. The van der Waals surface area contributed by atoms with Gasteiger partial charge in [-0.15, -0.1) is 10.2 Å². The summed E-state index contributed by atoms with van der Waals surface area (Å²) in [7, 11) is -3.40. The molecule has 0 saturated carbocycles. The van der Waals surface area contributed by atoms with Crippen LogP contribution in [-0.4, -0.2) is 47.7 Å². The summed E-state index contributed by atoms with van der Waals surface area (Å²) in [6.07, 6.45) is 2.05. The topological polar surface area (TPSA) is 92.3 Å². The maximum absolute atomic E-state index is 12.7. The molecule has 1 aromatic carbocycles. The Balaban J connectivity index is 1.50. The van der Waals surface area contributed by atoms with Crippen molar-refractivity contribution in [3.05, 3.63) is 34.3 Å². The lowest BCUT2D eigenvalue weighted by molar-refractivity contribution is -0.120. The van der Waals surface area contributed by atoms with Crippen molar-refractivity contribution in [3.63, 3.8) is 0 Å². The first-order chi connectivity index (χ1) is 13.9. The fourth-order valence-electron chi connectivity index (χ4n) is 2.99. The van der Waals surface area contributed by atoms with Crippen molar-refractivity contribution in [1.82, 2.24) is 14.5 Å². The van der Waals surface area contributed by atoms with Gasteiger partial charge in [0.25, 0.3) is 0 Å². The second-order valence-electron chi connectivity index (χ2n) is 6.77. The van der Waals surface area contributed by atoms with E-state index in [1.54, 1.807) is 23.9 Å². The Kier molecular flexibility index (Phi) is 8.08. The van der Waals surface area contributed by atoms with Crippen LogP contribution in [0.3, 0.4) is 0 Å². The van der Waals surface area contributed by atoms with Crippen LogP contribution in [0.5, 0.6) is 0 Å². The molecule has 1 aliphatic heterocycles. The second-order valence-corrected chi connectivity index (χ2v) is 12.0. The van der Waals surface area contributed by atoms with Gasteiger partial charge < -0.3 is 5.32 Å². The number of hydrogen-bond donors (Lipinski definition) is 1. The first-order valence-corrected chi connectivity index (χ1v) is 13.6. The number of rotatable bonds is 8. The summed E-state index contributed by atoms with van der Waals surface area (Å²) in [6.45, 7) is 2.80. The Hall–Kier alpha value is -1.01. The molecule has 1 aliphatic rings. The maximum Gasteiger partial charge on any atom is 0.229 e. The summed E-state index contributed by atoms with van der Waals surface area (Å²) < 4.78 is 28.6. The molecule has 0 unspecified atom stereocenters. The third kappa shape index (κ3) is 6.48. The molecule has 0 radical (unpaired) electrons. The second kappa shape index (κ2) is 10.3. The van der Waals surface area contributed by atoms with Crippen molar-refractivity contribution in [2.45, 2.75) is 36.3 Å². The Labute approximate surface area is 187 Å². The van der Waals surface area contributed by atoms with Crippen LogP contribution >= 0.6 is 39.0 Å². The molecule has 1 amide bonds. The summed E-state index contributed by atoms with van der Waals surface area (Å²) in [5.41, 5.74) is 0.751. The SMILES string of the molecule is CCCSc1nnc(NC(=O)C2CCN(S(=O)(=O)Cc3ccc(Br)cc3)CC2)s1. The molecule has 1 saturated heterocycles. The summed E-state index contributed by atoms with van der Waals surface area (Å²) in [5, 5.41) is 11.4. The third-order valence-electron chi connectivity index (χ3n) is 4.55. The predicted octanol–water partition coefficient (Wildman–Crippen LogP) is 3.98. The molecule has 2 heterocycles. The highest BCUT2D eigenvalue weighted by Gasteiger charge is 2.31. The van der Waals surface area contributed by atoms with E-state index in [-0.39, 0.29) is 17.6 Å². The molecular formula is C18H23BrN4O3S3. The van der Waals surface area contributed by atoms with Crippen LogP contribution in [0.25, 0.3) is 0 Å². The van der Waals surface area contributed by atoms with Crippen molar-refractivity contribution >= 4 is 60.1 Å². The standard InChI is InChI=1S/C18H23BrN4O3S3/c1-2-11-27-18-22-21-17(28-18)20-16(24)14-7-9-23(10-8-14)29(25,26)12-13-3-5-15(19)6-4-13/h3-6,14H,2,7-12H2,1H3,(H,20,21,24). The average Bonchev–Trinajstić information content (AvgIpc) is 3.15. The summed E-state index contributed by atoms with van der Waals surface area (Å²) in [6, 6.07) is 7.27. The average molecular weight is 520 g/mol. The number of piperidine rings is 1. The normalized spacial score (nSPS) is 16.1. The highest BCUT2D eigenvalue weighted by molar-refractivity contribution is 9.10. The number of benzene rings is 1. The molecule has 2 aromatic rings. The van der Waals surface area contributed by atoms with Crippen LogP contribution in [0.4, 0.5) is 5.13 Å². The fraction of sp³-hybridized carbons (Fsp3) is 0.500. The van der Waals surface area contributed by atoms with Gasteiger partial charge in [0, 0.05) is 29.2 Å². The Morgan fingerprint density at radius 3 is 2.62 bits per heavy atom. The van der Waals surface area contributed by atoms with Gasteiger partial charge in [-0.3, -0.25) is 4.79 Å². The molecule has 7 nitrogen and oxygen atoms in total. The first-order valence-electron chi connectivity index (χ1n) is 9.37. The third-order valence-corrected chi connectivity index (χ3v) is 9.10. The number of halogens is 1. The van der Waals surface area contributed by atoms with E-state index in [1.807, 2.05) is 12.1 Å². The van der Waals surface area contributed by atoms with E-state index in [2.05, 4.69) is 38.4 Å². The van der Waals surface area contributed by atoms with E-state index in [4.69, 9.17) is 0 Å². The summed E-state index contributed by atoms with van der Waals surface area (Å²) in [4.78, 5) is 12.5. The number of aromatic nitrogens is 2. The molecule has 158 valence electrons. The Bertz CT molecular complexity index is 926. The first kappa shape index (κ1) is 22.7. The number of carbonyl (C=O) groups excluding carboxylic acids is 1. The molecule has 0 atom stereocenters. The van der Waals surface area contributed by atoms with Crippen LogP contribution in [0.15, 0.2) is 33.1 Å². The van der Waals surface area contributed by atoms with E-state index < -0.39 is 10.0 Å². The molecular weight excluding hydrogens is 496 g/mol. The fourth-order valence-corrected chi connectivity index (χ4v) is 6.50. The molecule has 0 aliphatic carbocycles. The number of sulfonamides is 1. The highest BCUT2D eigenvalue weighted by Crippen LogP contribution is 2.28. The van der Waals surface area contributed by atoms with Crippen molar-refractivity contribution in [2.24, 2.45) is 5.92 Å². The van der Waals surface area contributed by atoms with Gasteiger partial charge >= 0.3 is 0 Å². The zero-order valence-electron chi connectivity index (χ0n) is 16.0. The lowest BCUT2D eigenvalue weighted by Crippen LogP contribution is -2.41. The Morgan fingerprint density at radius 1 is 1.28 bits per heavy atom. The molecule has 1 N–H and O–H groups in total. The van der Waals surface area contributed by atoms with E-state index in [0.29, 0.717) is 31.1 Å². The number of amides is 1. The van der Waals surface area contributed by atoms with Gasteiger partial charge in [0.05, 0.1) is 5.75 Å². The minimum Gasteiger partial charge on any atom is -0.300 e. The molecule has 0 bridgehead atoms. The predicted molar refractivity (Wildman–Crippen MR) is 121 cm³/mol. The largest absolute Gasteiger partial charge is 0.300 e. The number of thioether (sulfide) groups is 1. The van der Waals surface area contributed by atoms with E-state index in [9.17, 15) is 13.2 Å². The van der Waals surface area contributed by atoms with Crippen molar-refractivity contribution in [3.8, 4) is 0 Å². The monoisotopic (exact) mass is 518 g/mol. The quantitative estimate of drug-likeness (QED) is 0.419. The maximum atomic E-state index is 12.7. The van der Waals surface area contributed by atoms with Crippen LogP contribution < -0.4 is 5.32 Å². The van der Waals surface area contributed by atoms with Gasteiger partial charge in [-0.1, -0.05) is 58.1 Å². The smallest absolute Gasteiger partial charge is 0.229 e. The zero-order valence-corrected chi connectivity index (χ0v) is 20.0. The van der Waals surface area contributed by atoms with Gasteiger partial charge in [-0.25, -0.2) is 12.7 Å². The molecule has 1 fully saturated rings. The number of carbonyl (C=O) groups is 1. The van der Waals surface area contributed by atoms with E-state index in [0.717, 1.165) is 26.5 Å². The van der Waals surface area contributed by atoms with Crippen LogP contribution in [-0.2, 0) is 20.6 Å². The lowest BCUT2D eigenvalue weighted by atomic mass is 9.97. The minimum absolute atomic E-state index is 0.0276. The summed E-state index contributed by atoms with van der Waals surface area (Å²) in [5.74, 6) is 0.610. The summed E-state index contributed by atoms with van der Waals surface area (Å²) >= 11 is 6.35. The van der Waals surface area contributed by atoms with Crippen molar-refractivity contribution in [1.29, 1.82) is 0 Å². The van der Waals surface area contributed by atoms with Crippen LogP contribution in [0.2, 0.25) is 0 Å².